The van der Waals surface area contributed by atoms with Gasteiger partial charge in [0.15, 0.2) is 0 Å². The molecule has 0 heterocycles. The Bertz CT molecular complexity index is 114. The van der Waals surface area contributed by atoms with Crippen LogP contribution in [0.4, 0.5) is 0 Å². The van der Waals surface area contributed by atoms with Gasteiger partial charge in [-0.3, -0.25) is 0 Å². The van der Waals surface area contributed by atoms with Gasteiger partial charge in [-0.15, -0.1) is 0 Å². The third kappa shape index (κ3) is 4.48. The van der Waals surface area contributed by atoms with E-state index in [4.69, 9.17) is 0 Å². The Hall–Kier alpha value is 0. The van der Waals surface area contributed by atoms with Crippen molar-refractivity contribution < 1.29 is 0 Å². The highest BCUT2D eigenvalue weighted by molar-refractivity contribution is 4.67. The summed E-state index contributed by atoms with van der Waals surface area (Å²) in [6, 6.07) is 0. The summed E-state index contributed by atoms with van der Waals surface area (Å²) in [5.41, 5.74) is 0. The van der Waals surface area contributed by atoms with Crippen LogP contribution in [0.25, 0.3) is 0 Å². The quantitative estimate of drug-likeness (QED) is 0.571. The Morgan fingerprint density at radius 1 is 0.714 bits per heavy atom. The maximum Gasteiger partial charge on any atom is -0.0414 e. The van der Waals surface area contributed by atoms with Crippen LogP contribution in [0.15, 0.2) is 0 Å². The van der Waals surface area contributed by atoms with Crippen LogP contribution in [-0.4, -0.2) is 0 Å². The predicted octanol–water partition coefficient (Wildman–Crippen LogP) is 5.17. The van der Waals surface area contributed by atoms with Crippen LogP contribution in [0.5, 0.6) is 0 Å². The van der Waals surface area contributed by atoms with Crippen LogP contribution >= 0.6 is 0 Å². The maximum atomic E-state index is 2.38. The van der Waals surface area contributed by atoms with Crippen molar-refractivity contribution in [2.45, 2.75) is 78.1 Å². The molecule has 0 aromatic rings. The van der Waals surface area contributed by atoms with Crippen molar-refractivity contribution in [1.29, 1.82) is 0 Å². The van der Waals surface area contributed by atoms with Gasteiger partial charge >= 0.3 is 0 Å². The van der Waals surface area contributed by atoms with E-state index >= 15 is 0 Å². The fraction of sp³-hybridized carbons (Fsp3) is 1.00. The van der Waals surface area contributed by atoms with Crippen LogP contribution in [-0.2, 0) is 0 Å². The topological polar surface area (TPSA) is 0 Å². The minimum absolute atomic E-state index is 1.04. The molecule has 0 nitrogen and oxygen atoms in total. The lowest BCUT2D eigenvalue weighted by Gasteiger charge is -2.23. The molecule has 0 spiro atoms. The van der Waals surface area contributed by atoms with Gasteiger partial charge < -0.3 is 0 Å². The third-order valence-electron chi connectivity index (χ3n) is 4.05. The molecule has 1 rings (SSSR count). The van der Waals surface area contributed by atoms with E-state index in [1.54, 1.807) is 0 Å². The lowest BCUT2D eigenvalue weighted by molar-refractivity contribution is 0.297. The van der Waals surface area contributed by atoms with E-state index in [2.05, 4.69) is 13.8 Å². The molecule has 1 fully saturated rings. The molecule has 0 N–H and O–H groups in total. The van der Waals surface area contributed by atoms with Crippen LogP contribution in [0, 0.1) is 11.8 Å². The molecule has 0 saturated heterocycles. The average molecular weight is 196 g/mol. The molecule has 0 aromatic carbocycles. The van der Waals surface area contributed by atoms with Gasteiger partial charge in [0, 0.05) is 0 Å². The van der Waals surface area contributed by atoms with Crippen LogP contribution < -0.4 is 0 Å². The summed E-state index contributed by atoms with van der Waals surface area (Å²) in [5, 5.41) is 0. The van der Waals surface area contributed by atoms with Crippen molar-refractivity contribution in [3.05, 3.63) is 0 Å². The third-order valence-corrected chi connectivity index (χ3v) is 4.05. The highest BCUT2D eigenvalue weighted by atomic mass is 14.2. The zero-order valence-electron chi connectivity index (χ0n) is 10.2. The van der Waals surface area contributed by atoms with Gasteiger partial charge in [0.1, 0.15) is 0 Å². The van der Waals surface area contributed by atoms with Gasteiger partial charge in [-0.25, -0.2) is 0 Å². The largest absolute Gasteiger partial charge is 0.0651 e. The Morgan fingerprint density at radius 2 is 1.14 bits per heavy atom. The molecule has 0 amide bonds. The first-order valence-electron chi connectivity index (χ1n) is 6.86. The second kappa shape index (κ2) is 7.31. The summed E-state index contributed by atoms with van der Waals surface area (Å²) in [6.45, 7) is 4.76. The van der Waals surface area contributed by atoms with Crippen molar-refractivity contribution in [1.82, 2.24) is 0 Å². The van der Waals surface area contributed by atoms with Gasteiger partial charge in [-0.1, -0.05) is 71.6 Å². The summed E-state index contributed by atoms with van der Waals surface area (Å²) in [7, 11) is 0. The van der Waals surface area contributed by atoms with Crippen LogP contribution in [0.1, 0.15) is 78.1 Å². The van der Waals surface area contributed by atoms with E-state index in [9.17, 15) is 0 Å². The van der Waals surface area contributed by atoms with E-state index in [1.807, 2.05) is 0 Å². The van der Waals surface area contributed by atoms with E-state index in [0.717, 1.165) is 11.8 Å². The molecule has 0 aliphatic heterocycles. The zero-order chi connectivity index (χ0) is 10.2. The second-order valence-electron chi connectivity index (χ2n) is 5.13. The molecule has 1 aliphatic rings. The molecule has 14 heavy (non-hydrogen) atoms. The fourth-order valence-corrected chi connectivity index (χ4v) is 2.85. The van der Waals surface area contributed by atoms with Gasteiger partial charge in [0.05, 0.1) is 0 Å². The highest BCUT2D eigenvalue weighted by Crippen LogP contribution is 2.28. The van der Waals surface area contributed by atoms with Crippen molar-refractivity contribution in [2.75, 3.05) is 0 Å². The lowest BCUT2D eigenvalue weighted by Crippen LogP contribution is -2.09. The summed E-state index contributed by atoms with van der Waals surface area (Å²) in [6.07, 6.45) is 14.8. The SMILES string of the molecule is CCC1CCCCCCCC(CC)C1. The molecular formula is C14H28. The highest BCUT2D eigenvalue weighted by Gasteiger charge is 2.14. The normalized spacial score (nSPS) is 31.3. The molecule has 0 bridgehead atoms. The van der Waals surface area contributed by atoms with Crippen molar-refractivity contribution in [3.63, 3.8) is 0 Å². The first-order chi connectivity index (χ1) is 6.86. The van der Waals surface area contributed by atoms with Gasteiger partial charge in [-0.2, -0.15) is 0 Å². The Balaban J connectivity index is 2.36. The summed E-state index contributed by atoms with van der Waals surface area (Å²) >= 11 is 0. The van der Waals surface area contributed by atoms with Gasteiger partial charge in [-0.05, 0) is 18.3 Å². The number of rotatable bonds is 2. The Morgan fingerprint density at radius 3 is 1.57 bits per heavy atom. The standard InChI is InChI=1S/C14H28/c1-3-13-10-8-6-5-7-9-11-14(4-2)12-13/h13-14H,3-12H2,1-2H3. The van der Waals surface area contributed by atoms with Gasteiger partial charge in [0.25, 0.3) is 0 Å². The maximum absolute atomic E-state index is 2.38. The monoisotopic (exact) mass is 196 g/mol. The van der Waals surface area contributed by atoms with Crippen LogP contribution in [0.2, 0.25) is 0 Å². The Kier molecular flexibility index (Phi) is 6.31. The zero-order valence-corrected chi connectivity index (χ0v) is 10.2. The first kappa shape index (κ1) is 12.1. The van der Waals surface area contributed by atoms with E-state index in [-0.39, 0.29) is 0 Å². The van der Waals surface area contributed by atoms with Gasteiger partial charge in [0.2, 0.25) is 0 Å². The van der Waals surface area contributed by atoms with Crippen molar-refractivity contribution >= 4 is 0 Å². The molecule has 84 valence electrons. The molecule has 2 unspecified atom stereocenters. The minimum atomic E-state index is 1.04. The van der Waals surface area contributed by atoms with Crippen molar-refractivity contribution in [2.24, 2.45) is 11.8 Å². The summed E-state index contributed by atoms with van der Waals surface area (Å²) in [4.78, 5) is 0. The second-order valence-corrected chi connectivity index (χ2v) is 5.13. The first-order valence-corrected chi connectivity index (χ1v) is 6.86. The predicted molar refractivity (Wildman–Crippen MR) is 64.5 cm³/mol. The van der Waals surface area contributed by atoms with E-state index in [1.165, 1.54) is 64.2 Å². The molecule has 1 saturated carbocycles. The van der Waals surface area contributed by atoms with Crippen molar-refractivity contribution in [3.8, 4) is 0 Å². The molecule has 0 heteroatoms. The lowest BCUT2D eigenvalue weighted by atomic mass is 9.83. The van der Waals surface area contributed by atoms with E-state index < -0.39 is 0 Å². The molecule has 2 atom stereocenters. The molecule has 1 aliphatic carbocycles. The number of hydrogen-bond donors (Lipinski definition) is 0. The Labute approximate surface area is 90.5 Å². The average Bonchev–Trinajstić information content (AvgIpc) is 2.25. The molecular weight excluding hydrogens is 168 g/mol. The summed E-state index contributed by atoms with van der Waals surface area (Å²) in [5.74, 6) is 2.08. The molecule has 0 radical (unpaired) electrons. The van der Waals surface area contributed by atoms with Crippen LogP contribution in [0.3, 0.4) is 0 Å². The summed E-state index contributed by atoms with van der Waals surface area (Å²) < 4.78 is 0. The number of hydrogen-bond acceptors (Lipinski definition) is 0. The minimum Gasteiger partial charge on any atom is -0.0651 e. The fourth-order valence-electron chi connectivity index (χ4n) is 2.85. The smallest absolute Gasteiger partial charge is 0.0414 e. The van der Waals surface area contributed by atoms with E-state index in [0.29, 0.717) is 0 Å². The molecule has 0 aromatic heterocycles.